The highest BCUT2D eigenvalue weighted by Crippen LogP contribution is 2.18. The van der Waals surface area contributed by atoms with E-state index in [-0.39, 0.29) is 12.1 Å². The Labute approximate surface area is 142 Å². The number of benzene rings is 1. The quantitative estimate of drug-likeness (QED) is 0.728. The molecular weight excluding hydrogens is 308 g/mol. The second-order valence-corrected chi connectivity index (χ2v) is 5.45. The summed E-state index contributed by atoms with van der Waals surface area (Å²) in [5.41, 5.74) is 0.908. The third kappa shape index (κ3) is 5.31. The molecule has 1 aromatic carbocycles. The molecule has 6 heteroatoms. The van der Waals surface area contributed by atoms with Gasteiger partial charge in [0.05, 0.1) is 12.6 Å². The van der Waals surface area contributed by atoms with Gasteiger partial charge in [0.2, 0.25) is 0 Å². The van der Waals surface area contributed by atoms with Gasteiger partial charge < -0.3 is 24.5 Å². The van der Waals surface area contributed by atoms with Crippen LogP contribution in [0.25, 0.3) is 0 Å². The van der Waals surface area contributed by atoms with Gasteiger partial charge in [-0.2, -0.15) is 0 Å². The molecule has 1 atom stereocenters. The Balaban J connectivity index is 1.85. The topological polar surface area (TPSA) is 72.7 Å². The number of para-hydroxylation sites is 1. The molecule has 0 spiro atoms. The van der Waals surface area contributed by atoms with E-state index in [4.69, 9.17) is 13.9 Å². The molecular formula is C18H24N2O4. The highest BCUT2D eigenvalue weighted by Gasteiger charge is 2.13. The number of hydrogen-bond acceptors (Lipinski definition) is 4. The summed E-state index contributed by atoms with van der Waals surface area (Å²) in [6.07, 6.45) is 0. The first-order valence-corrected chi connectivity index (χ1v) is 7.90. The van der Waals surface area contributed by atoms with Gasteiger partial charge in [0.25, 0.3) is 0 Å². The lowest BCUT2D eigenvalue weighted by Crippen LogP contribution is -2.36. The summed E-state index contributed by atoms with van der Waals surface area (Å²) in [4.78, 5) is 12.1. The zero-order valence-corrected chi connectivity index (χ0v) is 14.3. The number of carbonyl (C=O) groups excluding carboxylic acids is 1. The summed E-state index contributed by atoms with van der Waals surface area (Å²) in [5, 5.41) is 5.68. The number of methoxy groups -OCH3 is 1. The van der Waals surface area contributed by atoms with Gasteiger partial charge in [-0.25, -0.2) is 4.79 Å². The van der Waals surface area contributed by atoms with Crippen molar-refractivity contribution >= 4 is 6.03 Å². The summed E-state index contributed by atoms with van der Waals surface area (Å²) in [5.74, 6) is 2.29. The second kappa shape index (κ2) is 8.98. The molecule has 0 aliphatic heterocycles. The van der Waals surface area contributed by atoms with Gasteiger partial charge in [-0.3, -0.25) is 0 Å². The van der Waals surface area contributed by atoms with Gasteiger partial charge in [0, 0.05) is 19.2 Å². The molecule has 0 fully saturated rings. The highest BCUT2D eigenvalue weighted by atomic mass is 16.5. The third-order valence-corrected chi connectivity index (χ3v) is 3.49. The van der Waals surface area contributed by atoms with Gasteiger partial charge in [-0.1, -0.05) is 18.2 Å². The number of furan rings is 1. The Bertz CT molecular complexity index is 654. The minimum Gasteiger partial charge on any atom is -0.491 e. The van der Waals surface area contributed by atoms with E-state index in [1.165, 1.54) is 0 Å². The summed E-state index contributed by atoms with van der Waals surface area (Å²) >= 11 is 0. The fraction of sp³-hybridized carbons (Fsp3) is 0.389. The summed E-state index contributed by atoms with van der Waals surface area (Å²) in [6, 6.07) is 10.9. The zero-order chi connectivity index (χ0) is 17.4. The number of ether oxygens (including phenoxy) is 2. The van der Waals surface area contributed by atoms with E-state index in [1.54, 1.807) is 7.11 Å². The lowest BCUT2D eigenvalue weighted by atomic mass is 10.2. The molecule has 130 valence electrons. The maximum atomic E-state index is 12.1. The van der Waals surface area contributed by atoms with Crippen molar-refractivity contribution in [3.8, 4) is 5.75 Å². The molecule has 0 radical (unpaired) electrons. The van der Waals surface area contributed by atoms with Crippen molar-refractivity contribution in [3.05, 3.63) is 53.5 Å². The summed E-state index contributed by atoms with van der Waals surface area (Å²) < 4.78 is 16.1. The van der Waals surface area contributed by atoms with Crippen LogP contribution in [0.5, 0.6) is 5.75 Å². The smallest absolute Gasteiger partial charge is 0.315 e. The molecule has 2 aromatic rings. The predicted octanol–water partition coefficient (Wildman–Crippen LogP) is 3.17. The fourth-order valence-corrected chi connectivity index (χ4v) is 2.21. The Morgan fingerprint density at radius 2 is 2.00 bits per heavy atom. The SMILES string of the molecule is COCCOc1ccccc1CNC(=O)N[C@H](C)c1ccc(C)o1. The van der Waals surface area contributed by atoms with Crippen LogP contribution in [0.4, 0.5) is 4.79 Å². The maximum Gasteiger partial charge on any atom is 0.315 e. The summed E-state index contributed by atoms with van der Waals surface area (Å²) in [6.45, 7) is 5.10. The molecule has 0 aliphatic carbocycles. The van der Waals surface area contributed by atoms with E-state index in [0.29, 0.717) is 19.8 Å². The molecule has 0 aliphatic rings. The lowest BCUT2D eigenvalue weighted by molar-refractivity contribution is 0.145. The van der Waals surface area contributed by atoms with Gasteiger partial charge in [0.15, 0.2) is 0 Å². The van der Waals surface area contributed by atoms with Crippen LogP contribution in [0.15, 0.2) is 40.8 Å². The number of hydrogen-bond donors (Lipinski definition) is 2. The Morgan fingerprint density at radius 1 is 1.21 bits per heavy atom. The number of aryl methyl sites for hydroxylation is 1. The first kappa shape index (κ1) is 17.9. The van der Waals surface area contributed by atoms with Crippen molar-refractivity contribution in [1.29, 1.82) is 0 Å². The molecule has 1 heterocycles. The molecule has 0 saturated carbocycles. The van der Waals surface area contributed by atoms with Crippen LogP contribution in [-0.4, -0.2) is 26.4 Å². The van der Waals surface area contributed by atoms with Gasteiger partial charge >= 0.3 is 6.03 Å². The van der Waals surface area contributed by atoms with Crippen LogP contribution in [-0.2, 0) is 11.3 Å². The van der Waals surface area contributed by atoms with Crippen molar-refractivity contribution in [2.75, 3.05) is 20.3 Å². The lowest BCUT2D eigenvalue weighted by Gasteiger charge is -2.14. The Hall–Kier alpha value is -2.47. The van der Waals surface area contributed by atoms with Crippen molar-refractivity contribution in [2.45, 2.75) is 26.4 Å². The first-order chi connectivity index (χ1) is 11.6. The van der Waals surface area contributed by atoms with Crippen molar-refractivity contribution < 1.29 is 18.7 Å². The third-order valence-electron chi connectivity index (χ3n) is 3.49. The molecule has 2 amide bonds. The fourth-order valence-electron chi connectivity index (χ4n) is 2.21. The number of urea groups is 1. The molecule has 2 rings (SSSR count). The molecule has 0 saturated heterocycles. The van der Waals surface area contributed by atoms with Crippen molar-refractivity contribution in [1.82, 2.24) is 10.6 Å². The zero-order valence-electron chi connectivity index (χ0n) is 14.3. The standard InChI is InChI=1S/C18H24N2O4/c1-13-8-9-16(24-13)14(2)20-18(21)19-12-15-6-4-5-7-17(15)23-11-10-22-3/h4-9,14H,10-12H2,1-3H3,(H2,19,20,21)/t14-/m1/s1. The first-order valence-electron chi connectivity index (χ1n) is 7.90. The van der Waals surface area contributed by atoms with Crippen molar-refractivity contribution in [3.63, 3.8) is 0 Å². The Morgan fingerprint density at radius 3 is 2.71 bits per heavy atom. The van der Waals surface area contributed by atoms with E-state index in [2.05, 4.69) is 10.6 Å². The van der Waals surface area contributed by atoms with Gasteiger partial charge in [0.1, 0.15) is 23.9 Å². The van der Waals surface area contributed by atoms with Crippen molar-refractivity contribution in [2.24, 2.45) is 0 Å². The molecule has 2 N–H and O–H groups in total. The molecule has 6 nitrogen and oxygen atoms in total. The number of carbonyl (C=O) groups is 1. The molecule has 0 unspecified atom stereocenters. The average molecular weight is 332 g/mol. The van der Waals surface area contributed by atoms with E-state index in [0.717, 1.165) is 22.8 Å². The molecule has 1 aromatic heterocycles. The van der Waals surface area contributed by atoms with Crippen LogP contribution in [0.2, 0.25) is 0 Å². The van der Waals surface area contributed by atoms with Crippen LogP contribution < -0.4 is 15.4 Å². The number of amides is 2. The monoisotopic (exact) mass is 332 g/mol. The summed E-state index contributed by atoms with van der Waals surface area (Å²) in [7, 11) is 1.63. The molecule has 24 heavy (non-hydrogen) atoms. The van der Waals surface area contributed by atoms with Crippen LogP contribution in [0.1, 0.15) is 30.0 Å². The van der Waals surface area contributed by atoms with E-state index in [9.17, 15) is 4.79 Å². The molecule has 0 bridgehead atoms. The van der Waals surface area contributed by atoms with Gasteiger partial charge in [-0.15, -0.1) is 0 Å². The Kier molecular flexibility index (Phi) is 6.69. The van der Waals surface area contributed by atoms with Crippen LogP contribution in [0, 0.1) is 6.92 Å². The van der Waals surface area contributed by atoms with E-state index < -0.39 is 0 Å². The predicted molar refractivity (Wildman–Crippen MR) is 91.0 cm³/mol. The second-order valence-electron chi connectivity index (χ2n) is 5.45. The normalized spacial score (nSPS) is 11.8. The number of nitrogens with one attached hydrogen (secondary N) is 2. The minimum absolute atomic E-state index is 0.202. The number of rotatable bonds is 8. The van der Waals surface area contributed by atoms with E-state index >= 15 is 0 Å². The van der Waals surface area contributed by atoms with Gasteiger partial charge in [-0.05, 0) is 32.0 Å². The maximum absolute atomic E-state index is 12.1. The largest absolute Gasteiger partial charge is 0.491 e. The van der Waals surface area contributed by atoms with E-state index in [1.807, 2.05) is 50.2 Å². The highest BCUT2D eigenvalue weighted by molar-refractivity contribution is 5.74. The van der Waals surface area contributed by atoms with Crippen LogP contribution >= 0.6 is 0 Å². The minimum atomic E-state index is -0.261. The average Bonchev–Trinajstić information content (AvgIpc) is 3.01. The van der Waals surface area contributed by atoms with Crippen LogP contribution in [0.3, 0.4) is 0 Å².